The fraction of sp³-hybridized carbons (Fsp3) is 0.375. The molecule has 1 radical (unpaired) electrons. The van der Waals surface area contributed by atoms with Gasteiger partial charge in [0.25, 0.3) is 5.91 Å². The van der Waals surface area contributed by atoms with E-state index in [0.717, 1.165) is 30.0 Å². The Morgan fingerprint density at radius 2 is 1.61 bits per heavy atom. The molecule has 2 aliphatic rings. The van der Waals surface area contributed by atoms with Crippen LogP contribution in [-0.2, 0) is 10.5 Å². The standard InChI is InChI=1S/C32H36Cl2FN4O2/c1-20(2)41-28-19-25(35)13-14-27(28)32(31(40)39-17-15-26(16-18-39)38(3)4)36-29(21-5-9-23(33)10-6-21)30(37-32)22-7-11-24(34)12-8-22/h5-14,19-20,26,29,36-37H,15-18H2,1-4H3. The number of hydrogen-bond donors (Lipinski definition) is 2. The lowest BCUT2D eigenvalue weighted by Crippen LogP contribution is -2.61. The van der Waals surface area contributed by atoms with Gasteiger partial charge >= 0.3 is 0 Å². The molecular weight excluding hydrogens is 562 g/mol. The normalized spacial score (nSPS) is 22.1. The molecule has 217 valence electrons. The second kappa shape index (κ2) is 12.3. The number of ether oxygens (including phenoxy) is 1. The highest BCUT2D eigenvalue weighted by Crippen LogP contribution is 2.44. The van der Waals surface area contributed by atoms with Crippen molar-refractivity contribution in [2.45, 2.75) is 50.5 Å². The lowest BCUT2D eigenvalue weighted by Gasteiger charge is -2.41. The molecule has 1 amide bonds. The van der Waals surface area contributed by atoms with E-state index in [1.165, 1.54) is 12.1 Å². The molecule has 2 fully saturated rings. The largest absolute Gasteiger partial charge is 0.490 e. The summed E-state index contributed by atoms with van der Waals surface area (Å²) in [4.78, 5) is 18.9. The van der Waals surface area contributed by atoms with E-state index in [4.69, 9.17) is 27.9 Å². The zero-order valence-corrected chi connectivity index (χ0v) is 25.3. The molecule has 9 heteroatoms. The van der Waals surface area contributed by atoms with Crippen LogP contribution in [0, 0.1) is 11.9 Å². The number of carbonyl (C=O) groups excluding carboxylic acids is 1. The molecule has 2 unspecified atom stereocenters. The van der Waals surface area contributed by atoms with Gasteiger partial charge in [-0.15, -0.1) is 0 Å². The molecule has 0 bridgehead atoms. The van der Waals surface area contributed by atoms with E-state index in [0.29, 0.717) is 40.5 Å². The van der Waals surface area contributed by atoms with Crippen LogP contribution in [0.2, 0.25) is 10.0 Å². The number of likely N-dealkylation sites (tertiary alicyclic amines) is 1. The number of nitrogens with one attached hydrogen (secondary N) is 2. The molecule has 3 aromatic carbocycles. The van der Waals surface area contributed by atoms with Crippen molar-refractivity contribution in [1.82, 2.24) is 20.4 Å². The molecule has 2 aliphatic heterocycles. The van der Waals surface area contributed by atoms with Gasteiger partial charge in [-0.2, -0.15) is 0 Å². The van der Waals surface area contributed by atoms with Crippen LogP contribution in [0.15, 0.2) is 66.7 Å². The van der Waals surface area contributed by atoms with Crippen LogP contribution in [0.5, 0.6) is 5.75 Å². The Bertz CT molecular complexity index is 1310. The van der Waals surface area contributed by atoms with E-state index in [1.54, 1.807) is 6.07 Å². The number of rotatable bonds is 7. The zero-order chi connectivity index (χ0) is 29.3. The van der Waals surface area contributed by atoms with Gasteiger partial charge in [-0.1, -0.05) is 47.5 Å². The molecule has 0 aromatic heterocycles. The summed E-state index contributed by atoms with van der Waals surface area (Å²) < 4.78 is 20.7. The molecule has 3 aromatic rings. The maximum absolute atomic E-state index is 14.8. The summed E-state index contributed by atoms with van der Waals surface area (Å²) in [7, 11) is 4.14. The van der Waals surface area contributed by atoms with Gasteiger partial charge in [-0.3, -0.25) is 15.4 Å². The van der Waals surface area contributed by atoms with Crippen molar-refractivity contribution >= 4 is 29.1 Å². The van der Waals surface area contributed by atoms with Crippen molar-refractivity contribution in [2.75, 3.05) is 27.2 Å². The average molecular weight is 599 g/mol. The van der Waals surface area contributed by atoms with Crippen LogP contribution >= 0.6 is 23.2 Å². The van der Waals surface area contributed by atoms with Crippen molar-refractivity contribution in [1.29, 1.82) is 0 Å². The Morgan fingerprint density at radius 3 is 2.20 bits per heavy atom. The molecule has 5 rings (SSSR count). The molecule has 0 aliphatic carbocycles. The average Bonchev–Trinajstić information content (AvgIpc) is 3.35. The van der Waals surface area contributed by atoms with E-state index in [2.05, 4.69) is 29.6 Å². The van der Waals surface area contributed by atoms with Crippen LogP contribution in [0.4, 0.5) is 4.39 Å². The number of halogens is 3. The van der Waals surface area contributed by atoms with E-state index >= 15 is 0 Å². The summed E-state index contributed by atoms with van der Waals surface area (Å²) >= 11 is 12.5. The maximum Gasteiger partial charge on any atom is 0.262 e. The number of nitrogens with zero attached hydrogens (tertiary/aromatic N) is 2. The fourth-order valence-corrected chi connectivity index (χ4v) is 5.98. The molecule has 2 atom stereocenters. The van der Waals surface area contributed by atoms with Gasteiger partial charge in [0, 0.05) is 40.8 Å². The fourth-order valence-electron chi connectivity index (χ4n) is 5.73. The first-order valence-corrected chi connectivity index (χ1v) is 14.7. The van der Waals surface area contributed by atoms with Gasteiger partial charge in [-0.05, 0) is 88.3 Å². The van der Waals surface area contributed by atoms with Gasteiger partial charge in [0.05, 0.1) is 18.2 Å². The van der Waals surface area contributed by atoms with Crippen LogP contribution < -0.4 is 15.4 Å². The number of hydrogen-bond acceptors (Lipinski definition) is 5. The Morgan fingerprint density at radius 1 is 1.00 bits per heavy atom. The first-order valence-electron chi connectivity index (χ1n) is 13.9. The van der Waals surface area contributed by atoms with Gasteiger partial charge in [-0.25, -0.2) is 4.39 Å². The second-order valence-electron chi connectivity index (χ2n) is 11.2. The Labute approximate surface area is 251 Å². The molecule has 2 heterocycles. The highest BCUT2D eigenvalue weighted by atomic mass is 35.5. The molecule has 2 N–H and O–H groups in total. The molecule has 41 heavy (non-hydrogen) atoms. The molecule has 6 nitrogen and oxygen atoms in total. The zero-order valence-electron chi connectivity index (χ0n) is 23.8. The molecule has 2 saturated heterocycles. The van der Waals surface area contributed by atoms with E-state index in [1.807, 2.05) is 67.3 Å². The second-order valence-corrected chi connectivity index (χ2v) is 12.1. The predicted octanol–water partition coefficient (Wildman–Crippen LogP) is 6.14. The number of benzene rings is 3. The molecular formula is C32H36Cl2FN4O2. The van der Waals surface area contributed by atoms with Crippen LogP contribution in [-0.4, -0.2) is 55.0 Å². The van der Waals surface area contributed by atoms with Gasteiger partial charge in [0.2, 0.25) is 0 Å². The van der Waals surface area contributed by atoms with Crippen molar-refractivity contribution in [2.24, 2.45) is 0 Å². The van der Waals surface area contributed by atoms with Crippen molar-refractivity contribution in [3.05, 3.63) is 105 Å². The highest BCUT2D eigenvalue weighted by Gasteiger charge is 2.55. The minimum atomic E-state index is -1.43. The first-order chi connectivity index (χ1) is 19.6. The van der Waals surface area contributed by atoms with E-state index in [9.17, 15) is 9.18 Å². The molecule has 0 saturated carbocycles. The predicted molar refractivity (Wildman–Crippen MR) is 161 cm³/mol. The summed E-state index contributed by atoms with van der Waals surface area (Å²) in [5.74, 6) is -0.269. The van der Waals surface area contributed by atoms with Crippen LogP contribution in [0.3, 0.4) is 0 Å². The van der Waals surface area contributed by atoms with Gasteiger partial charge in [0.1, 0.15) is 11.6 Å². The quantitative estimate of drug-likeness (QED) is 0.342. The van der Waals surface area contributed by atoms with Crippen LogP contribution in [0.1, 0.15) is 49.4 Å². The minimum absolute atomic E-state index is 0.141. The minimum Gasteiger partial charge on any atom is -0.490 e. The smallest absolute Gasteiger partial charge is 0.262 e. The topological polar surface area (TPSA) is 56.8 Å². The van der Waals surface area contributed by atoms with Crippen LogP contribution in [0.25, 0.3) is 0 Å². The van der Waals surface area contributed by atoms with Crippen molar-refractivity contribution < 1.29 is 13.9 Å². The summed E-state index contributed by atoms with van der Waals surface area (Å²) in [6.07, 6.45) is 1.50. The Kier molecular flexibility index (Phi) is 8.92. The SMILES string of the molecule is CC(C)Oc1cc(F)ccc1C1(C(=O)N2CCC(N(C)C)CC2)N[C](c2ccc(Cl)cc2)C(c2ccc(Cl)cc2)N1. The monoisotopic (exact) mass is 597 g/mol. The number of piperidine rings is 1. The van der Waals surface area contributed by atoms with Crippen molar-refractivity contribution in [3.8, 4) is 5.75 Å². The molecule has 0 spiro atoms. The lowest BCUT2D eigenvalue weighted by atomic mass is 9.94. The summed E-state index contributed by atoms with van der Waals surface area (Å²) in [6.45, 7) is 4.98. The summed E-state index contributed by atoms with van der Waals surface area (Å²) in [5.41, 5.74) is 0.884. The Hall–Kier alpha value is -2.68. The summed E-state index contributed by atoms with van der Waals surface area (Å²) in [6, 6.07) is 20.2. The van der Waals surface area contributed by atoms with E-state index < -0.39 is 17.5 Å². The number of carbonyl (C=O) groups is 1. The highest BCUT2D eigenvalue weighted by molar-refractivity contribution is 6.30. The number of amides is 1. The first kappa shape index (κ1) is 29.8. The summed E-state index contributed by atoms with van der Waals surface area (Å²) in [5, 5.41) is 8.49. The van der Waals surface area contributed by atoms with Gasteiger partial charge in [0.15, 0.2) is 5.66 Å². The van der Waals surface area contributed by atoms with E-state index in [-0.39, 0.29) is 12.0 Å². The third-order valence-electron chi connectivity index (χ3n) is 7.84. The maximum atomic E-state index is 14.8. The van der Waals surface area contributed by atoms with Crippen molar-refractivity contribution in [3.63, 3.8) is 0 Å². The third kappa shape index (κ3) is 6.25. The third-order valence-corrected chi connectivity index (χ3v) is 8.35. The lowest BCUT2D eigenvalue weighted by molar-refractivity contribution is -0.141. The Balaban J connectivity index is 1.64. The van der Waals surface area contributed by atoms with Gasteiger partial charge < -0.3 is 14.5 Å².